The Morgan fingerprint density at radius 1 is 1.03 bits per heavy atom. The Bertz CT molecular complexity index is 1450. The highest BCUT2D eigenvalue weighted by atomic mass is 79.9. The molecule has 7 heteroatoms. The van der Waals surface area contributed by atoms with Crippen molar-refractivity contribution in [2.75, 3.05) is 5.32 Å². The minimum absolute atomic E-state index is 0.192. The van der Waals surface area contributed by atoms with E-state index in [-0.39, 0.29) is 18.3 Å². The average molecular weight is 516 g/mol. The van der Waals surface area contributed by atoms with Gasteiger partial charge in [0.15, 0.2) is 11.6 Å². The van der Waals surface area contributed by atoms with E-state index in [1.54, 1.807) is 16.8 Å². The molecule has 0 unspecified atom stereocenters. The Morgan fingerprint density at radius 3 is 2.65 bits per heavy atom. The third-order valence-electron chi connectivity index (χ3n) is 5.40. The predicted octanol–water partition coefficient (Wildman–Crippen LogP) is 6.58. The van der Waals surface area contributed by atoms with Crippen LogP contribution in [0.4, 0.5) is 5.82 Å². The number of aromatic nitrogens is 2. The lowest BCUT2D eigenvalue weighted by Gasteiger charge is -2.06. The monoisotopic (exact) mass is 515 g/mol. The number of carbonyl (C=O) groups is 1. The molecule has 0 aliphatic heterocycles. The smallest absolute Gasteiger partial charge is 0.292 e. The lowest BCUT2D eigenvalue weighted by Crippen LogP contribution is -2.12. The van der Waals surface area contributed by atoms with Gasteiger partial charge in [-0.2, -0.15) is 5.10 Å². The standard InChI is InChI=1S/C27H22BrN3O3/c1-18-6-8-19(9-7-18)15-31-16-24(28)26(30-31)29-27(32)25-13-12-23(34-25)17-33-22-11-10-20-4-2-3-5-21(20)14-22/h2-14,16H,15,17H2,1H3,(H,29,30,32). The van der Waals surface area contributed by atoms with Gasteiger partial charge in [0.05, 0.1) is 11.0 Å². The third-order valence-corrected chi connectivity index (χ3v) is 5.98. The van der Waals surface area contributed by atoms with E-state index in [0.717, 1.165) is 22.1 Å². The van der Waals surface area contributed by atoms with E-state index in [0.29, 0.717) is 22.6 Å². The van der Waals surface area contributed by atoms with Crippen LogP contribution >= 0.6 is 15.9 Å². The van der Waals surface area contributed by atoms with Crippen LogP contribution in [0, 0.1) is 6.92 Å². The number of ether oxygens (including phenoxy) is 1. The number of aryl methyl sites for hydroxylation is 1. The number of benzene rings is 3. The molecule has 6 nitrogen and oxygen atoms in total. The fourth-order valence-corrected chi connectivity index (χ4v) is 4.02. The van der Waals surface area contributed by atoms with Gasteiger partial charge < -0.3 is 14.5 Å². The quantitative estimate of drug-likeness (QED) is 0.265. The largest absolute Gasteiger partial charge is 0.486 e. The first-order chi connectivity index (χ1) is 16.5. The number of nitrogens with one attached hydrogen (secondary N) is 1. The molecule has 0 spiro atoms. The van der Waals surface area contributed by atoms with Gasteiger partial charge in [0, 0.05) is 6.20 Å². The summed E-state index contributed by atoms with van der Waals surface area (Å²) in [6, 6.07) is 25.6. The van der Waals surface area contributed by atoms with E-state index in [1.165, 1.54) is 5.56 Å². The van der Waals surface area contributed by atoms with E-state index >= 15 is 0 Å². The van der Waals surface area contributed by atoms with Crippen LogP contribution in [0.1, 0.15) is 27.4 Å². The summed E-state index contributed by atoms with van der Waals surface area (Å²) in [6.45, 7) is 2.88. The van der Waals surface area contributed by atoms with Crippen LogP contribution in [-0.4, -0.2) is 15.7 Å². The third kappa shape index (κ3) is 5.05. The minimum atomic E-state index is -0.377. The van der Waals surface area contributed by atoms with E-state index < -0.39 is 0 Å². The molecule has 5 rings (SSSR count). The second-order valence-electron chi connectivity index (χ2n) is 8.03. The van der Waals surface area contributed by atoms with Gasteiger partial charge in [-0.25, -0.2) is 0 Å². The molecule has 0 aliphatic carbocycles. The summed E-state index contributed by atoms with van der Waals surface area (Å²) in [7, 11) is 0. The maximum Gasteiger partial charge on any atom is 0.292 e. The SMILES string of the molecule is Cc1ccc(Cn2cc(Br)c(NC(=O)c3ccc(COc4ccc5ccccc5c4)o3)n2)cc1. The van der Waals surface area contributed by atoms with Gasteiger partial charge in [-0.15, -0.1) is 0 Å². The Balaban J connectivity index is 1.20. The molecule has 34 heavy (non-hydrogen) atoms. The zero-order valence-electron chi connectivity index (χ0n) is 18.5. The van der Waals surface area contributed by atoms with Crippen LogP contribution in [0.25, 0.3) is 10.8 Å². The van der Waals surface area contributed by atoms with Gasteiger partial charge in [0.25, 0.3) is 5.91 Å². The van der Waals surface area contributed by atoms with Crippen molar-refractivity contribution in [3.8, 4) is 5.75 Å². The Morgan fingerprint density at radius 2 is 1.82 bits per heavy atom. The molecule has 0 radical (unpaired) electrons. The van der Waals surface area contributed by atoms with Crippen LogP contribution in [0.5, 0.6) is 5.75 Å². The first kappa shape index (κ1) is 22.0. The van der Waals surface area contributed by atoms with Crippen molar-refractivity contribution in [3.05, 3.63) is 112 Å². The number of fused-ring (bicyclic) bond motifs is 1. The number of nitrogens with zero attached hydrogens (tertiary/aromatic N) is 2. The average Bonchev–Trinajstić information content (AvgIpc) is 3.45. The van der Waals surface area contributed by atoms with Gasteiger partial charge >= 0.3 is 0 Å². The number of halogens is 1. The van der Waals surface area contributed by atoms with Crippen LogP contribution in [0.3, 0.4) is 0 Å². The Labute approximate surface area is 205 Å². The number of hydrogen-bond acceptors (Lipinski definition) is 4. The van der Waals surface area contributed by atoms with Gasteiger partial charge in [0.2, 0.25) is 0 Å². The van der Waals surface area contributed by atoms with Crippen molar-refractivity contribution in [1.82, 2.24) is 9.78 Å². The summed E-state index contributed by atoms with van der Waals surface area (Å²) < 4.78 is 14.0. The number of amides is 1. The van der Waals surface area contributed by atoms with Crippen LogP contribution in [-0.2, 0) is 13.2 Å². The highest BCUT2D eigenvalue weighted by Crippen LogP contribution is 2.24. The van der Waals surface area contributed by atoms with Crippen LogP contribution in [0.2, 0.25) is 0 Å². The molecule has 0 saturated heterocycles. The molecule has 0 fully saturated rings. The summed E-state index contributed by atoms with van der Waals surface area (Å²) >= 11 is 3.47. The molecule has 3 aromatic carbocycles. The first-order valence-electron chi connectivity index (χ1n) is 10.8. The van der Waals surface area contributed by atoms with Crippen LogP contribution < -0.4 is 10.1 Å². The molecule has 1 amide bonds. The molecule has 0 aliphatic rings. The van der Waals surface area contributed by atoms with E-state index in [4.69, 9.17) is 9.15 Å². The summed E-state index contributed by atoms with van der Waals surface area (Å²) in [5.74, 6) is 1.55. The molecule has 5 aromatic rings. The normalized spacial score (nSPS) is 11.0. The van der Waals surface area contributed by atoms with Gasteiger partial charge in [-0.3, -0.25) is 9.48 Å². The Kier molecular flexibility index (Phi) is 6.18. The van der Waals surface area contributed by atoms with Crippen molar-refractivity contribution in [3.63, 3.8) is 0 Å². The molecule has 2 heterocycles. The summed E-state index contributed by atoms with van der Waals surface area (Å²) in [6.07, 6.45) is 1.83. The summed E-state index contributed by atoms with van der Waals surface area (Å²) in [4.78, 5) is 12.7. The second kappa shape index (κ2) is 9.57. The molecule has 0 saturated carbocycles. The fourth-order valence-electron chi connectivity index (χ4n) is 3.60. The highest BCUT2D eigenvalue weighted by Gasteiger charge is 2.16. The lowest BCUT2D eigenvalue weighted by atomic mass is 10.1. The number of furan rings is 1. The number of anilines is 1. The number of hydrogen-bond donors (Lipinski definition) is 1. The van der Waals surface area contributed by atoms with E-state index in [1.807, 2.05) is 42.6 Å². The fraction of sp³-hybridized carbons (Fsp3) is 0.111. The van der Waals surface area contributed by atoms with Crippen molar-refractivity contribution >= 4 is 38.4 Å². The number of rotatable bonds is 7. The van der Waals surface area contributed by atoms with Gasteiger partial charge in [0.1, 0.15) is 18.1 Å². The molecular weight excluding hydrogens is 494 g/mol. The summed E-state index contributed by atoms with van der Waals surface area (Å²) in [5.41, 5.74) is 2.33. The first-order valence-corrected chi connectivity index (χ1v) is 11.6. The van der Waals surface area contributed by atoms with E-state index in [2.05, 4.69) is 63.6 Å². The predicted molar refractivity (Wildman–Crippen MR) is 135 cm³/mol. The van der Waals surface area contributed by atoms with Crippen molar-refractivity contribution in [1.29, 1.82) is 0 Å². The zero-order chi connectivity index (χ0) is 23.5. The molecule has 0 atom stereocenters. The molecular formula is C27H22BrN3O3. The Hall–Kier alpha value is -3.84. The zero-order valence-corrected chi connectivity index (χ0v) is 20.1. The van der Waals surface area contributed by atoms with Crippen LogP contribution in [0.15, 0.2) is 93.9 Å². The maximum absolute atomic E-state index is 12.7. The van der Waals surface area contributed by atoms with E-state index in [9.17, 15) is 4.79 Å². The lowest BCUT2D eigenvalue weighted by molar-refractivity contribution is 0.0992. The second-order valence-corrected chi connectivity index (χ2v) is 8.88. The molecule has 170 valence electrons. The summed E-state index contributed by atoms with van der Waals surface area (Å²) in [5, 5.41) is 9.52. The van der Waals surface area contributed by atoms with Gasteiger partial charge in [-0.1, -0.05) is 60.2 Å². The molecule has 0 bridgehead atoms. The van der Waals surface area contributed by atoms with Crippen molar-refractivity contribution < 1.29 is 13.9 Å². The highest BCUT2D eigenvalue weighted by molar-refractivity contribution is 9.10. The molecule has 1 N–H and O–H groups in total. The van der Waals surface area contributed by atoms with Crippen molar-refractivity contribution in [2.24, 2.45) is 0 Å². The maximum atomic E-state index is 12.7. The molecule has 2 aromatic heterocycles. The van der Waals surface area contributed by atoms with Crippen molar-refractivity contribution in [2.45, 2.75) is 20.1 Å². The van der Waals surface area contributed by atoms with Gasteiger partial charge in [-0.05, 0) is 63.5 Å². The topological polar surface area (TPSA) is 69.3 Å². The number of carbonyl (C=O) groups excluding carboxylic acids is 1. The minimum Gasteiger partial charge on any atom is -0.486 e.